The van der Waals surface area contributed by atoms with E-state index in [1.54, 1.807) is 6.92 Å². The molecule has 0 spiro atoms. The number of aromatic nitrogens is 1. The minimum atomic E-state index is -0.475. The Labute approximate surface area is 100 Å². The number of hydrogen-bond donors (Lipinski definition) is 0. The van der Waals surface area contributed by atoms with Crippen LogP contribution in [0.3, 0.4) is 0 Å². The van der Waals surface area contributed by atoms with Crippen LogP contribution in [0.5, 0.6) is 0 Å². The highest BCUT2D eigenvalue weighted by Gasteiger charge is 2.12. The highest BCUT2D eigenvalue weighted by atomic mass is 16.5. The van der Waals surface area contributed by atoms with Gasteiger partial charge in [0.25, 0.3) is 0 Å². The molecule has 0 N–H and O–H groups in total. The van der Waals surface area contributed by atoms with Gasteiger partial charge in [-0.3, -0.25) is 9.59 Å². The first kappa shape index (κ1) is 13.4. The van der Waals surface area contributed by atoms with Gasteiger partial charge in [-0.15, -0.1) is 0 Å². The second kappa shape index (κ2) is 6.18. The Morgan fingerprint density at radius 1 is 1.35 bits per heavy atom. The van der Waals surface area contributed by atoms with Crippen molar-refractivity contribution in [3.05, 3.63) is 17.3 Å². The van der Waals surface area contributed by atoms with E-state index in [1.165, 1.54) is 0 Å². The van der Waals surface area contributed by atoms with Crippen LogP contribution in [0.4, 0.5) is 0 Å². The zero-order chi connectivity index (χ0) is 12.8. The molecule has 1 heterocycles. The number of esters is 1. The van der Waals surface area contributed by atoms with Crippen LogP contribution in [0.25, 0.3) is 0 Å². The first-order chi connectivity index (χ1) is 8.02. The van der Waals surface area contributed by atoms with Crippen molar-refractivity contribution >= 4 is 11.8 Å². The molecular formula is C12H17NO4. The van der Waals surface area contributed by atoms with Crippen LogP contribution in [0.1, 0.15) is 37.1 Å². The average Bonchev–Trinajstić information content (AvgIpc) is 2.56. The Morgan fingerprint density at radius 3 is 2.59 bits per heavy atom. The molecule has 0 aromatic carbocycles. The third-order valence-corrected chi connectivity index (χ3v) is 2.34. The highest BCUT2D eigenvalue weighted by Crippen LogP contribution is 2.10. The van der Waals surface area contributed by atoms with Crippen molar-refractivity contribution in [1.29, 1.82) is 0 Å². The number of hydrogen-bond acceptors (Lipinski definition) is 5. The van der Waals surface area contributed by atoms with Crippen LogP contribution >= 0.6 is 0 Å². The van der Waals surface area contributed by atoms with Crippen molar-refractivity contribution in [1.82, 2.24) is 4.98 Å². The summed E-state index contributed by atoms with van der Waals surface area (Å²) in [7, 11) is 0. The van der Waals surface area contributed by atoms with Gasteiger partial charge in [-0.1, -0.05) is 0 Å². The summed E-state index contributed by atoms with van der Waals surface area (Å²) < 4.78 is 10.0. The lowest BCUT2D eigenvalue weighted by Gasteiger charge is -2.00. The minimum Gasteiger partial charge on any atom is -0.466 e. The molecule has 1 rings (SSSR count). The molecular weight excluding hydrogens is 222 g/mol. The van der Waals surface area contributed by atoms with Gasteiger partial charge in [0.1, 0.15) is 18.0 Å². The lowest BCUT2D eigenvalue weighted by Crippen LogP contribution is -2.11. The van der Waals surface area contributed by atoms with Gasteiger partial charge in [-0.2, -0.15) is 0 Å². The standard InChI is InChI=1S/C12H17NO4/c1-4-16-12(15)7-10(14)5-6-11-13-8(2)9(3)17-11/h4-7H2,1-3H3. The van der Waals surface area contributed by atoms with E-state index in [-0.39, 0.29) is 18.6 Å². The molecule has 94 valence electrons. The third kappa shape index (κ3) is 4.38. The fourth-order valence-corrected chi connectivity index (χ4v) is 1.35. The summed E-state index contributed by atoms with van der Waals surface area (Å²) in [6.07, 6.45) is 0.498. The van der Waals surface area contributed by atoms with E-state index in [2.05, 4.69) is 9.72 Å². The number of carbonyl (C=O) groups is 2. The lowest BCUT2D eigenvalue weighted by atomic mass is 10.2. The van der Waals surface area contributed by atoms with E-state index < -0.39 is 5.97 Å². The fourth-order valence-electron chi connectivity index (χ4n) is 1.35. The van der Waals surface area contributed by atoms with Crippen molar-refractivity contribution in [2.24, 2.45) is 0 Å². The summed E-state index contributed by atoms with van der Waals surface area (Å²) >= 11 is 0. The Hall–Kier alpha value is -1.65. The lowest BCUT2D eigenvalue weighted by molar-refractivity contribution is -0.145. The monoisotopic (exact) mass is 239 g/mol. The highest BCUT2D eigenvalue weighted by molar-refractivity contribution is 5.95. The average molecular weight is 239 g/mol. The van der Waals surface area contributed by atoms with E-state index in [9.17, 15) is 9.59 Å². The number of rotatable bonds is 6. The van der Waals surface area contributed by atoms with E-state index >= 15 is 0 Å². The second-order valence-electron chi connectivity index (χ2n) is 3.77. The molecule has 0 unspecified atom stereocenters. The van der Waals surface area contributed by atoms with Crippen molar-refractivity contribution in [3.63, 3.8) is 0 Å². The molecule has 0 saturated carbocycles. The summed E-state index contributed by atoms with van der Waals surface area (Å²) in [4.78, 5) is 26.6. The van der Waals surface area contributed by atoms with Gasteiger partial charge in [-0.25, -0.2) is 4.98 Å². The van der Waals surface area contributed by atoms with Gasteiger partial charge in [0, 0.05) is 12.8 Å². The predicted molar refractivity (Wildman–Crippen MR) is 60.6 cm³/mol. The molecule has 1 aromatic heterocycles. The quantitative estimate of drug-likeness (QED) is 0.558. The molecule has 5 heteroatoms. The molecule has 0 saturated heterocycles. The van der Waals surface area contributed by atoms with Gasteiger partial charge in [0.15, 0.2) is 5.89 Å². The first-order valence-electron chi connectivity index (χ1n) is 5.63. The molecule has 5 nitrogen and oxygen atoms in total. The molecule has 0 atom stereocenters. The predicted octanol–water partition coefficient (Wildman–Crippen LogP) is 1.75. The minimum absolute atomic E-state index is 0.156. The normalized spacial score (nSPS) is 10.3. The zero-order valence-corrected chi connectivity index (χ0v) is 10.4. The molecule has 0 bridgehead atoms. The third-order valence-electron chi connectivity index (χ3n) is 2.34. The van der Waals surface area contributed by atoms with E-state index in [0.717, 1.165) is 11.5 Å². The van der Waals surface area contributed by atoms with Crippen LogP contribution in [-0.4, -0.2) is 23.3 Å². The van der Waals surface area contributed by atoms with E-state index in [1.807, 2.05) is 13.8 Å². The molecule has 1 aromatic rings. The Bertz CT molecular complexity index is 389. The van der Waals surface area contributed by atoms with Crippen molar-refractivity contribution in [3.8, 4) is 0 Å². The van der Waals surface area contributed by atoms with E-state index in [0.29, 0.717) is 18.9 Å². The van der Waals surface area contributed by atoms with E-state index in [4.69, 9.17) is 4.42 Å². The number of nitrogens with zero attached hydrogens (tertiary/aromatic N) is 1. The number of Topliss-reactive ketones (excluding diaryl/α,β-unsaturated/α-hetero) is 1. The summed E-state index contributed by atoms with van der Waals surface area (Å²) in [5, 5.41) is 0. The van der Waals surface area contributed by atoms with Crippen LogP contribution < -0.4 is 0 Å². The molecule has 0 fully saturated rings. The topological polar surface area (TPSA) is 69.4 Å². The van der Waals surface area contributed by atoms with Crippen LogP contribution in [-0.2, 0) is 20.7 Å². The van der Waals surface area contributed by atoms with Crippen molar-refractivity contribution < 1.29 is 18.7 Å². The van der Waals surface area contributed by atoms with Gasteiger partial charge < -0.3 is 9.15 Å². The number of oxazole rings is 1. The van der Waals surface area contributed by atoms with Gasteiger partial charge in [-0.05, 0) is 20.8 Å². The summed E-state index contributed by atoms with van der Waals surface area (Å²) in [6, 6.07) is 0. The maximum atomic E-state index is 11.4. The zero-order valence-electron chi connectivity index (χ0n) is 10.4. The number of aryl methyl sites for hydroxylation is 3. The van der Waals surface area contributed by atoms with Crippen LogP contribution in [0.15, 0.2) is 4.42 Å². The van der Waals surface area contributed by atoms with Crippen LogP contribution in [0, 0.1) is 13.8 Å². The Balaban J connectivity index is 2.35. The molecule has 17 heavy (non-hydrogen) atoms. The van der Waals surface area contributed by atoms with Gasteiger partial charge in [0.2, 0.25) is 0 Å². The molecule has 0 aliphatic rings. The molecule has 0 radical (unpaired) electrons. The number of ketones is 1. The first-order valence-corrected chi connectivity index (χ1v) is 5.63. The number of carbonyl (C=O) groups excluding carboxylic acids is 2. The Kier molecular flexibility index (Phi) is 4.87. The van der Waals surface area contributed by atoms with Gasteiger partial charge in [0.05, 0.1) is 12.3 Å². The summed E-state index contributed by atoms with van der Waals surface area (Å²) in [6.45, 7) is 5.68. The second-order valence-corrected chi connectivity index (χ2v) is 3.77. The smallest absolute Gasteiger partial charge is 0.313 e. The van der Waals surface area contributed by atoms with Crippen molar-refractivity contribution in [2.75, 3.05) is 6.61 Å². The molecule has 0 aliphatic carbocycles. The molecule has 0 aliphatic heterocycles. The fraction of sp³-hybridized carbons (Fsp3) is 0.583. The maximum Gasteiger partial charge on any atom is 0.313 e. The Morgan fingerprint density at radius 2 is 2.06 bits per heavy atom. The van der Waals surface area contributed by atoms with Gasteiger partial charge >= 0.3 is 5.97 Å². The molecule has 0 amide bonds. The van der Waals surface area contributed by atoms with Crippen molar-refractivity contribution in [2.45, 2.75) is 40.0 Å². The summed E-state index contributed by atoms with van der Waals surface area (Å²) in [5.41, 5.74) is 0.831. The SMILES string of the molecule is CCOC(=O)CC(=O)CCc1nc(C)c(C)o1. The van der Waals surface area contributed by atoms with Crippen LogP contribution in [0.2, 0.25) is 0 Å². The largest absolute Gasteiger partial charge is 0.466 e. The maximum absolute atomic E-state index is 11.4. The number of ether oxygens (including phenoxy) is 1. The summed E-state index contributed by atoms with van der Waals surface area (Å²) in [5.74, 6) is 0.671.